The fraction of sp³-hybridized carbons (Fsp3) is 0.0238. The van der Waals surface area contributed by atoms with Gasteiger partial charge in [0.15, 0.2) is 5.78 Å². The molecular weight excluding hydrogens is 548 g/mol. The number of benzene rings is 5. The molecule has 0 atom stereocenters. The zero-order chi connectivity index (χ0) is 30.0. The highest BCUT2D eigenvalue weighted by molar-refractivity contribution is 6.09. The summed E-state index contributed by atoms with van der Waals surface area (Å²) in [6.07, 6.45) is 3.73. The number of pyridine rings is 2. The standard InChI is InChI=1S/C42H26N2O/c45-41(27-11-2-1-3-12-27)31-16-7-14-29(26-31)28-13-6-15-30(25-28)32-18-8-20-35-38(32)33-17-4-5-19-34(33)42(35)36-21-9-23-43-39(36)40-37(42)22-10-24-44-40/h1-26H. The minimum atomic E-state index is -0.487. The van der Waals surface area contributed by atoms with Crippen LogP contribution in [0.2, 0.25) is 0 Å². The van der Waals surface area contributed by atoms with E-state index in [4.69, 9.17) is 9.97 Å². The maximum absolute atomic E-state index is 13.3. The molecule has 0 N–H and O–H groups in total. The van der Waals surface area contributed by atoms with Gasteiger partial charge in [-0.1, -0.05) is 121 Å². The summed E-state index contributed by atoms with van der Waals surface area (Å²) in [5.74, 6) is 0.0255. The third-order valence-corrected chi connectivity index (χ3v) is 9.38. The summed E-state index contributed by atoms with van der Waals surface area (Å²) in [6.45, 7) is 0. The highest BCUT2D eigenvalue weighted by Crippen LogP contribution is 2.63. The van der Waals surface area contributed by atoms with Gasteiger partial charge in [-0.3, -0.25) is 14.8 Å². The number of carbonyl (C=O) groups excluding carboxylic acids is 1. The van der Waals surface area contributed by atoms with E-state index >= 15 is 0 Å². The second-order valence-corrected chi connectivity index (χ2v) is 11.7. The van der Waals surface area contributed by atoms with Crippen molar-refractivity contribution in [2.45, 2.75) is 5.41 Å². The Balaban J connectivity index is 1.23. The van der Waals surface area contributed by atoms with Crippen LogP contribution in [0.1, 0.15) is 38.2 Å². The van der Waals surface area contributed by atoms with Gasteiger partial charge in [0.1, 0.15) is 0 Å². The molecule has 2 aromatic heterocycles. The molecule has 0 fully saturated rings. The number of hydrogen-bond acceptors (Lipinski definition) is 3. The molecule has 5 aromatic carbocycles. The molecule has 210 valence electrons. The molecule has 0 aliphatic heterocycles. The molecule has 2 aliphatic rings. The average molecular weight is 575 g/mol. The van der Waals surface area contributed by atoms with E-state index in [0.29, 0.717) is 11.1 Å². The molecule has 0 saturated carbocycles. The maximum Gasteiger partial charge on any atom is 0.193 e. The van der Waals surface area contributed by atoms with Crippen LogP contribution in [-0.2, 0) is 5.41 Å². The molecule has 0 amide bonds. The lowest BCUT2D eigenvalue weighted by molar-refractivity contribution is 0.103. The normalized spacial score (nSPS) is 13.2. The average Bonchev–Trinajstić information content (AvgIpc) is 3.59. The van der Waals surface area contributed by atoms with Crippen LogP contribution in [0.25, 0.3) is 44.8 Å². The topological polar surface area (TPSA) is 42.9 Å². The van der Waals surface area contributed by atoms with Crippen LogP contribution in [0.15, 0.2) is 158 Å². The monoisotopic (exact) mass is 574 g/mol. The fourth-order valence-electron chi connectivity index (χ4n) is 7.55. The second kappa shape index (κ2) is 9.80. The summed E-state index contributed by atoms with van der Waals surface area (Å²) >= 11 is 0. The molecule has 0 radical (unpaired) electrons. The van der Waals surface area contributed by atoms with Gasteiger partial charge in [-0.05, 0) is 79.9 Å². The Kier molecular flexibility index (Phi) is 5.56. The molecular formula is C42H26N2O. The molecule has 45 heavy (non-hydrogen) atoms. The van der Waals surface area contributed by atoms with Gasteiger partial charge < -0.3 is 0 Å². The zero-order valence-corrected chi connectivity index (χ0v) is 24.3. The van der Waals surface area contributed by atoms with Crippen molar-refractivity contribution in [3.05, 3.63) is 191 Å². The summed E-state index contributed by atoms with van der Waals surface area (Å²) in [5.41, 5.74) is 14.5. The van der Waals surface area contributed by atoms with E-state index in [-0.39, 0.29) is 5.78 Å². The minimum Gasteiger partial charge on any atom is -0.289 e. The minimum absolute atomic E-state index is 0.0255. The lowest BCUT2D eigenvalue weighted by atomic mass is 9.71. The first-order chi connectivity index (χ1) is 22.2. The van der Waals surface area contributed by atoms with Crippen molar-refractivity contribution in [1.82, 2.24) is 9.97 Å². The summed E-state index contributed by atoms with van der Waals surface area (Å²) in [4.78, 5) is 22.9. The van der Waals surface area contributed by atoms with Gasteiger partial charge in [-0.25, -0.2) is 0 Å². The van der Waals surface area contributed by atoms with Crippen LogP contribution in [0.4, 0.5) is 0 Å². The van der Waals surface area contributed by atoms with E-state index in [1.807, 2.05) is 73.1 Å². The van der Waals surface area contributed by atoms with Crippen molar-refractivity contribution in [3.63, 3.8) is 0 Å². The second-order valence-electron chi connectivity index (χ2n) is 11.7. The SMILES string of the molecule is O=C(c1ccccc1)c1cccc(-c2cccc(-c3cccc4c3-c3ccccc3C43c4cccnc4-c4ncccc43)c2)c1. The smallest absolute Gasteiger partial charge is 0.193 e. The van der Waals surface area contributed by atoms with E-state index in [0.717, 1.165) is 28.1 Å². The Labute approximate surface area is 261 Å². The maximum atomic E-state index is 13.3. The zero-order valence-electron chi connectivity index (χ0n) is 24.3. The first kappa shape index (κ1) is 25.6. The van der Waals surface area contributed by atoms with Crippen LogP contribution in [-0.4, -0.2) is 15.8 Å². The molecule has 0 saturated heterocycles. The van der Waals surface area contributed by atoms with Crippen molar-refractivity contribution in [2.24, 2.45) is 0 Å². The number of fused-ring (bicyclic) bond motifs is 10. The van der Waals surface area contributed by atoms with E-state index in [1.54, 1.807) is 0 Å². The van der Waals surface area contributed by atoms with Gasteiger partial charge in [-0.2, -0.15) is 0 Å². The quantitative estimate of drug-likeness (QED) is 0.197. The van der Waals surface area contributed by atoms with E-state index in [1.165, 1.54) is 38.9 Å². The number of nitrogens with zero attached hydrogens (tertiary/aromatic N) is 2. The third kappa shape index (κ3) is 3.61. The van der Waals surface area contributed by atoms with Gasteiger partial charge in [-0.15, -0.1) is 0 Å². The van der Waals surface area contributed by atoms with Crippen molar-refractivity contribution in [3.8, 4) is 44.8 Å². The number of hydrogen-bond donors (Lipinski definition) is 0. The molecule has 7 aromatic rings. The Morgan fingerprint density at radius 3 is 1.78 bits per heavy atom. The Morgan fingerprint density at radius 2 is 1.00 bits per heavy atom. The largest absolute Gasteiger partial charge is 0.289 e. The summed E-state index contributed by atoms with van der Waals surface area (Å²) < 4.78 is 0. The summed E-state index contributed by atoms with van der Waals surface area (Å²) in [5, 5.41) is 0. The van der Waals surface area contributed by atoms with Crippen LogP contribution in [0, 0.1) is 0 Å². The van der Waals surface area contributed by atoms with Crippen LogP contribution in [0.3, 0.4) is 0 Å². The molecule has 0 bridgehead atoms. The molecule has 2 aliphatic carbocycles. The van der Waals surface area contributed by atoms with E-state index < -0.39 is 5.41 Å². The number of carbonyl (C=O) groups is 1. The van der Waals surface area contributed by atoms with Crippen molar-refractivity contribution < 1.29 is 4.79 Å². The molecule has 1 spiro atoms. The van der Waals surface area contributed by atoms with Crippen molar-refractivity contribution >= 4 is 5.78 Å². The molecule has 9 rings (SSSR count). The number of ketones is 1. The van der Waals surface area contributed by atoms with E-state index in [2.05, 4.69) is 84.9 Å². The van der Waals surface area contributed by atoms with Crippen molar-refractivity contribution in [1.29, 1.82) is 0 Å². The molecule has 3 nitrogen and oxygen atoms in total. The number of aromatic nitrogens is 2. The predicted molar refractivity (Wildman–Crippen MR) is 179 cm³/mol. The van der Waals surface area contributed by atoms with Gasteiger partial charge in [0.2, 0.25) is 0 Å². The Bertz CT molecular complexity index is 2260. The molecule has 0 unspecified atom stereocenters. The van der Waals surface area contributed by atoms with Crippen LogP contribution < -0.4 is 0 Å². The van der Waals surface area contributed by atoms with Gasteiger partial charge >= 0.3 is 0 Å². The van der Waals surface area contributed by atoms with Gasteiger partial charge in [0.25, 0.3) is 0 Å². The fourth-order valence-corrected chi connectivity index (χ4v) is 7.55. The Morgan fingerprint density at radius 1 is 0.444 bits per heavy atom. The predicted octanol–water partition coefficient (Wildman–Crippen LogP) is 9.39. The summed E-state index contributed by atoms with van der Waals surface area (Å²) in [6, 6.07) is 50.0. The highest BCUT2D eigenvalue weighted by Gasteiger charge is 2.53. The Hall–Kier alpha value is -5.93. The molecule has 2 heterocycles. The van der Waals surface area contributed by atoms with Crippen LogP contribution in [0.5, 0.6) is 0 Å². The van der Waals surface area contributed by atoms with Crippen LogP contribution >= 0.6 is 0 Å². The summed E-state index contributed by atoms with van der Waals surface area (Å²) in [7, 11) is 0. The molecule has 3 heteroatoms. The lowest BCUT2D eigenvalue weighted by Gasteiger charge is -2.29. The highest BCUT2D eigenvalue weighted by atomic mass is 16.1. The van der Waals surface area contributed by atoms with Gasteiger partial charge in [0, 0.05) is 23.5 Å². The number of rotatable bonds is 4. The lowest BCUT2D eigenvalue weighted by Crippen LogP contribution is -2.26. The first-order valence-electron chi connectivity index (χ1n) is 15.2. The first-order valence-corrected chi connectivity index (χ1v) is 15.2. The van der Waals surface area contributed by atoms with Crippen molar-refractivity contribution in [2.75, 3.05) is 0 Å². The third-order valence-electron chi connectivity index (χ3n) is 9.38. The van der Waals surface area contributed by atoms with Gasteiger partial charge in [0.05, 0.1) is 16.8 Å². The van der Waals surface area contributed by atoms with E-state index in [9.17, 15) is 4.79 Å².